The Bertz CT molecular complexity index is 371. The number of aliphatic hydroxyl groups excluding tert-OH is 3. The molecule has 1 atom stereocenters. The van der Waals surface area contributed by atoms with Crippen LogP contribution in [0.2, 0.25) is 0 Å². The van der Waals surface area contributed by atoms with E-state index in [1.807, 2.05) is 0 Å². The van der Waals surface area contributed by atoms with E-state index in [1.165, 1.54) is 0 Å². The van der Waals surface area contributed by atoms with Crippen molar-refractivity contribution < 1.29 is 20.1 Å². The Morgan fingerprint density at radius 2 is 1.67 bits per heavy atom. The first-order valence-electron chi connectivity index (χ1n) is 5.53. The van der Waals surface area contributed by atoms with Crippen molar-refractivity contribution in [2.24, 2.45) is 5.73 Å². The van der Waals surface area contributed by atoms with Gasteiger partial charge >= 0.3 is 0 Å². The predicted molar refractivity (Wildman–Crippen MR) is 65.5 cm³/mol. The Morgan fingerprint density at radius 1 is 1.17 bits per heavy atom. The highest BCUT2D eigenvalue weighted by Gasteiger charge is 2.31. The van der Waals surface area contributed by atoms with Crippen LogP contribution in [0, 0.1) is 0 Å². The van der Waals surface area contributed by atoms with Gasteiger partial charge in [0.1, 0.15) is 11.6 Å². The molecule has 0 heterocycles. The molecule has 0 aliphatic heterocycles. The van der Waals surface area contributed by atoms with Crippen LogP contribution in [0.3, 0.4) is 0 Å². The van der Waals surface area contributed by atoms with Crippen LogP contribution in [-0.4, -0.2) is 46.6 Å². The third-order valence-electron chi connectivity index (χ3n) is 2.74. The minimum atomic E-state index is -1.45. The van der Waals surface area contributed by atoms with Crippen LogP contribution in [0.4, 0.5) is 0 Å². The fourth-order valence-corrected chi connectivity index (χ4v) is 1.42. The molecule has 0 bridgehead atoms. The molecule has 6 heteroatoms. The van der Waals surface area contributed by atoms with E-state index in [2.05, 4.69) is 5.32 Å². The number of hydrogen-bond acceptors (Lipinski definition) is 5. The maximum absolute atomic E-state index is 11.9. The van der Waals surface area contributed by atoms with E-state index in [1.54, 1.807) is 30.3 Å². The van der Waals surface area contributed by atoms with Gasteiger partial charge in [0.05, 0.1) is 19.8 Å². The number of hydrogen-bond donors (Lipinski definition) is 5. The molecule has 0 fully saturated rings. The number of rotatable bonds is 6. The lowest BCUT2D eigenvalue weighted by Crippen LogP contribution is -2.58. The van der Waals surface area contributed by atoms with E-state index in [4.69, 9.17) is 21.1 Å². The molecule has 6 N–H and O–H groups in total. The van der Waals surface area contributed by atoms with Crippen LogP contribution in [0.1, 0.15) is 11.6 Å². The highest BCUT2D eigenvalue weighted by atomic mass is 16.3. The van der Waals surface area contributed by atoms with Crippen LogP contribution in [0.15, 0.2) is 30.3 Å². The molecule has 0 aromatic heterocycles. The topological polar surface area (TPSA) is 116 Å². The molecule has 1 amide bonds. The number of nitrogens with one attached hydrogen (secondary N) is 1. The van der Waals surface area contributed by atoms with Crippen LogP contribution in [0.25, 0.3) is 0 Å². The second kappa shape index (κ2) is 6.46. The summed E-state index contributed by atoms with van der Waals surface area (Å²) in [6.45, 7) is -1.73. The Morgan fingerprint density at radius 3 is 2.11 bits per heavy atom. The number of carbonyl (C=O) groups excluding carboxylic acids is 1. The quantitative estimate of drug-likeness (QED) is 0.424. The minimum absolute atomic E-state index is 0.571. The molecule has 0 aliphatic rings. The van der Waals surface area contributed by atoms with Crippen molar-refractivity contribution in [3.63, 3.8) is 0 Å². The molecule has 0 saturated heterocycles. The number of aliphatic hydroxyl groups is 3. The summed E-state index contributed by atoms with van der Waals surface area (Å²) in [5.74, 6) is -0.571. The fourth-order valence-electron chi connectivity index (χ4n) is 1.42. The summed E-state index contributed by atoms with van der Waals surface area (Å²) in [5, 5.41) is 29.7. The van der Waals surface area contributed by atoms with Gasteiger partial charge in [-0.1, -0.05) is 30.3 Å². The largest absolute Gasteiger partial charge is 0.394 e. The molecular weight excluding hydrogens is 236 g/mol. The van der Waals surface area contributed by atoms with Crippen molar-refractivity contribution in [3.8, 4) is 0 Å². The Labute approximate surface area is 105 Å². The van der Waals surface area contributed by atoms with Gasteiger partial charge in [-0.15, -0.1) is 0 Å². The van der Waals surface area contributed by atoms with Gasteiger partial charge in [0.15, 0.2) is 0 Å². The van der Waals surface area contributed by atoms with Gasteiger partial charge in [0, 0.05) is 0 Å². The molecule has 0 radical (unpaired) electrons. The van der Waals surface area contributed by atoms with Crippen molar-refractivity contribution in [2.75, 3.05) is 19.8 Å². The summed E-state index contributed by atoms with van der Waals surface area (Å²) in [5.41, 5.74) is 4.91. The Hall–Kier alpha value is -1.47. The van der Waals surface area contributed by atoms with Gasteiger partial charge in [-0.05, 0) is 5.56 Å². The number of carbonyl (C=O) groups is 1. The summed E-state index contributed by atoms with van der Waals surface area (Å²) in [7, 11) is 0. The van der Waals surface area contributed by atoms with Gasteiger partial charge in [0.2, 0.25) is 5.91 Å². The second-order valence-corrected chi connectivity index (χ2v) is 4.13. The minimum Gasteiger partial charge on any atom is -0.394 e. The summed E-state index contributed by atoms with van der Waals surface area (Å²) < 4.78 is 0. The summed E-state index contributed by atoms with van der Waals surface area (Å²) in [6, 6.07) is 7.77. The van der Waals surface area contributed by atoms with Crippen LogP contribution in [0.5, 0.6) is 0 Å². The molecule has 0 saturated carbocycles. The van der Waals surface area contributed by atoms with Crippen LogP contribution >= 0.6 is 0 Å². The van der Waals surface area contributed by atoms with Crippen LogP contribution in [-0.2, 0) is 4.79 Å². The summed E-state index contributed by atoms with van der Waals surface area (Å²) in [6.07, 6.45) is 0. The average Bonchev–Trinajstić information content (AvgIpc) is 2.45. The van der Waals surface area contributed by atoms with Gasteiger partial charge in [0.25, 0.3) is 0 Å². The lowest BCUT2D eigenvalue weighted by atomic mass is 10.0. The first kappa shape index (κ1) is 14.6. The molecule has 100 valence electrons. The SMILES string of the molecule is N[C@@H](C(=O)NC(CO)(CO)CO)c1ccccc1. The lowest BCUT2D eigenvalue weighted by Gasteiger charge is -2.30. The second-order valence-electron chi connectivity index (χ2n) is 4.13. The van der Waals surface area contributed by atoms with Gasteiger partial charge < -0.3 is 26.4 Å². The van der Waals surface area contributed by atoms with Gasteiger partial charge in [-0.2, -0.15) is 0 Å². The van der Waals surface area contributed by atoms with Crippen LogP contribution < -0.4 is 11.1 Å². The predicted octanol–water partition coefficient (Wildman–Crippen LogP) is -1.48. The molecule has 0 aliphatic carbocycles. The zero-order valence-electron chi connectivity index (χ0n) is 9.91. The van der Waals surface area contributed by atoms with E-state index in [0.29, 0.717) is 5.56 Å². The van der Waals surface area contributed by atoms with Crippen molar-refractivity contribution >= 4 is 5.91 Å². The van der Waals surface area contributed by atoms with Gasteiger partial charge in [-0.25, -0.2) is 0 Å². The molecule has 18 heavy (non-hydrogen) atoms. The van der Waals surface area contributed by atoms with Crippen molar-refractivity contribution in [3.05, 3.63) is 35.9 Å². The normalized spacial score (nSPS) is 13.1. The van der Waals surface area contributed by atoms with E-state index in [0.717, 1.165) is 0 Å². The van der Waals surface area contributed by atoms with Gasteiger partial charge in [-0.3, -0.25) is 4.79 Å². The molecular formula is C12H18N2O4. The molecule has 6 nitrogen and oxygen atoms in total. The van der Waals surface area contributed by atoms with E-state index in [-0.39, 0.29) is 0 Å². The number of benzene rings is 1. The first-order chi connectivity index (χ1) is 8.58. The van der Waals surface area contributed by atoms with E-state index >= 15 is 0 Å². The third-order valence-corrected chi connectivity index (χ3v) is 2.74. The molecule has 0 spiro atoms. The summed E-state index contributed by atoms with van der Waals surface area (Å²) >= 11 is 0. The lowest BCUT2D eigenvalue weighted by molar-refractivity contribution is -0.126. The molecule has 1 aromatic rings. The summed E-state index contributed by atoms with van der Waals surface area (Å²) in [4.78, 5) is 11.9. The van der Waals surface area contributed by atoms with Crippen molar-refractivity contribution in [1.29, 1.82) is 0 Å². The smallest absolute Gasteiger partial charge is 0.242 e. The maximum atomic E-state index is 11.9. The zero-order valence-corrected chi connectivity index (χ0v) is 9.91. The van der Waals surface area contributed by atoms with Crippen molar-refractivity contribution in [2.45, 2.75) is 11.6 Å². The number of amides is 1. The molecule has 1 rings (SSSR count). The van der Waals surface area contributed by atoms with E-state index in [9.17, 15) is 4.79 Å². The Kier molecular flexibility index (Phi) is 5.24. The standard InChI is InChI=1S/C12H18N2O4/c13-10(9-4-2-1-3-5-9)11(18)14-12(6-15,7-16)8-17/h1-5,10,15-17H,6-8,13H2,(H,14,18)/t10-/m1/s1. The van der Waals surface area contributed by atoms with Crippen molar-refractivity contribution in [1.82, 2.24) is 5.32 Å². The highest BCUT2D eigenvalue weighted by Crippen LogP contribution is 2.11. The van der Waals surface area contributed by atoms with E-state index < -0.39 is 37.3 Å². The first-order valence-corrected chi connectivity index (χ1v) is 5.53. The molecule has 1 aromatic carbocycles. The fraction of sp³-hybridized carbons (Fsp3) is 0.417. The third kappa shape index (κ3) is 3.27. The molecule has 0 unspecified atom stereocenters. The zero-order chi connectivity index (χ0) is 13.6. The average molecular weight is 254 g/mol. The highest BCUT2D eigenvalue weighted by molar-refractivity contribution is 5.83. The number of nitrogens with two attached hydrogens (primary N) is 1. The maximum Gasteiger partial charge on any atom is 0.242 e. The monoisotopic (exact) mass is 254 g/mol. The Balaban J connectivity index is 2.76.